The van der Waals surface area contributed by atoms with E-state index in [9.17, 15) is 0 Å². The van der Waals surface area contributed by atoms with Gasteiger partial charge in [-0.1, -0.05) is 31.7 Å². The van der Waals surface area contributed by atoms with Crippen LogP contribution in [0.4, 0.5) is 0 Å². The Hall–Kier alpha value is -2.66. The van der Waals surface area contributed by atoms with Crippen LogP contribution in [0.1, 0.15) is 59.5 Å². The summed E-state index contributed by atoms with van der Waals surface area (Å²) < 4.78 is 5.57. The molecule has 1 aromatic carbocycles. The lowest BCUT2D eigenvalue weighted by atomic mass is 9.77. The molecule has 1 aliphatic carbocycles. The lowest BCUT2D eigenvalue weighted by Gasteiger charge is -2.27. The Balaban J connectivity index is 1.93. The van der Waals surface area contributed by atoms with Gasteiger partial charge in [-0.2, -0.15) is 5.90 Å². The molecular weight excluding hydrogens is 350 g/mol. The second kappa shape index (κ2) is 7.76. The molecule has 0 fully saturated rings. The van der Waals surface area contributed by atoms with E-state index >= 15 is 0 Å². The van der Waals surface area contributed by atoms with Crippen molar-refractivity contribution in [2.75, 3.05) is 0 Å². The first-order valence-electron chi connectivity index (χ1n) is 9.59. The quantitative estimate of drug-likeness (QED) is 0.349. The molecule has 0 spiro atoms. The third kappa shape index (κ3) is 3.94. The number of nitrogens with two attached hydrogens (primary N) is 1. The molecule has 5 heteroatoms. The lowest BCUT2D eigenvalue weighted by Crippen LogP contribution is -2.23. The molecule has 0 atom stereocenters. The zero-order valence-corrected chi connectivity index (χ0v) is 17.3. The molecule has 28 heavy (non-hydrogen) atoms. The van der Waals surface area contributed by atoms with Crippen molar-refractivity contribution >= 4 is 11.6 Å². The fourth-order valence-electron chi connectivity index (χ4n) is 3.84. The second-order valence-corrected chi connectivity index (χ2v) is 8.34. The minimum Gasteiger partial charge on any atom is -0.389 e. The van der Waals surface area contributed by atoms with E-state index in [1.807, 2.05) is 6.08 Å². The van der Waals surface area contributed by atoms with Crippen molar-refractivity contribution in [3.63, 3.8) is 0 Å². The average molecular weight is 380 g/mol. The van der Waals surface area contributed by atoms with Gasteiger partial charge in [0.15, 0.2) is 5.69 Å². The van der Waals surface area contributed by atoms with Crippen molar-refractivity contribution in [1.29, 1.82) is 0 Å². The number of hydrogen-bond donors (Lipinski definition) is 1. The Labute approximate surface area is 166 Å². The van der Waals surface area contributed by atoms with Gasteiger partial charge in [0.05, 0.1) is 5.70 Å². The second-order valence-electron chi connectivity index (χ2n) is 8.34. The maximum absolute atomic E-state index is 5.57. The zero-order valence-electron chi connectivity index (χ0n) is 17.3. The van der Waals surface area contributed by atoms with Crippen molar-refractivity contribution in [2.45, 2.75) is 53.4 Å². The Morgan fingerprint density at radius 1 is 1.36 bits per heavy atom. The van der Waals surface area contributed by atoms with Gasteiger partial charge in [0.1, 0.15) is 5.76 Å². The van der Waals surface area contributed by atoms with Crippen LogP contribution in [0.25, 0.3) is 5.70 Å². The first-order valence-corrected chi connectivity index (χ1v) is 9.59. The van der Waals surface area contributed by atoms with E-state index in [1.165, 1.54) is 16.7 Å². The van der Waals surface area contributed by atoms with Crippen molar-refractivity contribution < 1.29 is 9.36 Å². The highest BCUT2D eigenvalue weighted by Crippen LogP contribution is 2.36. The third-order valence-corrected chi connectivity index (χ3v) is 5.49. The minimum absolute atomic E-state index is 0.205. The Kier molecular flexibility index (Phi) is 5.57. The first-order chi connectivity index (χ1) is 13.3. The van der Waals surface area contributed by atoms with Crippen molar-refractivity contribution in [1.82, 2.24) is 5.16 Å². The zero-order chi connectivity index (χ0) is 20.5. The molecule has 0 saturated carbocycles. The van der Waals surface area contributed by atoms with Crippen LogP contribution < -0.4 is 5.90 Å². The summed E-state index contributed by atoms with van der Waals surface area (Å²) in [7, 11) is 0. The average Bonchev–Trinajstić information content (AvgIpc) is 3.03. The molecule has 5 nitrogen and oxygen atoms in total. The highest BCUT2D eigenvalue weighted by Gasteiger charge is 2.32. The molecule has 148 valence electrons. The van der Waals surface area contributed by atoms with Crippen molar-refractivity contribution in [2.24, 2.45) is 16.3 Å². The summed E-state index contributed by atoms with van der Waals surface area (Å²) in [6, 6.07) is 4.15. The van der Waals surface area contributed by atoms with E-state index in [-0.39, 0.29) is 11.3 Å². The highest BCUT2D eigenvalue weighted by atomic mass is 16.6. The predicted molar refractivity (Wildman–Crippen MR) is 113 cm³/mol. The van der Waals surface area contributed by atoms with Gasteiger partial charge in [-0.3, -0.25) is 0 Å². The summed E-state index contributed by atoms with van der Waals surface area (Å²) in [4.78, 5) is 9.62. The topological polar surface area (TPSA) is 73.6 Å². The van der Waals surface area contributed by atoms with Gasteiger partial charge in [0.2, 0.25) is 0 Å². The maximum atomic E-state index is 5.57. The van der Waals surface area contributed by atoms with Crippen LogP contribution in [-0.4, -0.2) is 11.1 Å². The predicted octanol–water partition coefficient (Wildman–Crippen LogP) is 4.84. The number of aryl methyl sites for hydroxylation is 2. The molecular formula is C23H29N3O2. The highest BCUT2D eigenvalue weighted by molar-refractivity contribution is 5.97. The van der Waals surface area contributed by atoms with Gasteiger partial charge < -0.3 is 9.36 Å². The fourth-order valence-corrected chi connectivity index (χ4v) is 3.84. The molecule has 0 saturated heterocycles. The number of allylic oxidation sites excluding steroid dienone is 1. The summed E-state index contributed by atoms with van der Waals surface area (Å²) in [5.74, 6) is 6.66. The van der Waals surface area contributed by atoms with Gasteiger partial charge in [-0.05, 0) is 67.3 Å². The summed E-state index contributed by atoms with van der Waals surface area (Å²) >= 11 is 0. The molecule has 1 heterocycles. The number of aromatic nitrogens is 1. The van der Waals surface area contributed by atoms with Gasteiger partial charge in [0.25, 0.3) is 5.90 Å². The number of aliphatic imine (C=N–C) groups is 1. The SMILES string of the molecule is C=CCc1c(C)cc(C(=C)N=C(ON)c2noc3c2CCC(C)(C)C3)cc1C. The van der Waals surface area contributed by atoms with E-state index in [0.717, 1.165) is 42.6 Å². The summed E-state index contributed by atoms with van der Waals surface area (Å²) in [5.41, 5.74) is 6.96. The molecule has 1 aromatic heterocycles. The molecule has 3 rings (SSSR count). The molecule has 0 bridgehead atoms. The molecule has 1 aliphatic rings. The Morgan fingerprint density at radius 3 is 2.64 bits per heavy atom. The van der Waals surface area contributed by atoms with E-state index in [4.69, 9.17) is 15.3 Å². The van der Waals surface area contributed by atoms with Gasteiger partial charge in [-0.15, -0.1) is 6.58 Å². The van der Waals surface area contributed by atoms with Crippen molar-refractivity contribution in [3.8, 4) is 0 Å². The fraction of sp³-hybridized carbons (Fsp3) is 0.391. The van der Waals surface area contributed by atoms with E-state index < -0.39 is 0 Å². The van der Waals surface area contributed by atoms with Crippen LogP contribution in [0.2, 0.25) is 0 Å². The number of nitrogens with zero attached hydrogens (tertiary/aromatic N) is 2. The Bertz CT molecular complexity index is 928. The minimum atomic E-state index is 0.205. The van der Waals surface area contributed by atoms with Crippen LogP contribution in [0.5, 0.6) is 0 Å². The lowest BCUT2D eigenvalue weighted by molar-refractivity contribution is 0.264. The monoisotopic (exact) mass is 379 g/mol. The van der Waals surface area contributed by atoms with Crippen LogP contribution in [0, 0.1) is 19.3 Å². The normalized spacial score (nSPS) is 15.8. The van der Waals surface area contributed by atoms with Crippen LogP contribution in [0.15, 0.2) is 40.9 Å². The van der Waals surface area contributed by atoms with Gasteiger partial charge in [-0.25, -0.2) is 4.99 Å². The number of benzene rings is 1. The summed E-state index contributed by atoms with van der Waals surface area (Å²) in [6.45, 7) is 16.6. The smallest absolute Gasteiger partial charge is 0.267 e. The van der Waals surface area contributed by atoms with Crippen molar-refractivity contribution in [3.05, 3.63) is 70.6 Å². The van der Waals surface area contributed by atoms with E-state index in [0.29, 0.717) is 11.4 Å². The number of hydrogen-bond acceptors (Lipinski definition) is 5. The van der Waals surface area contributed by atoms with Gasteiger partial charge >= 0.3 is 0 Å². The van der Waals surface area contributed by atoms with Crippen LogP contribution in [0.3, 0.4) is 0 Å². The summed E-state index contributed by atoms with van der Waals surface area (Å²) in [6.07, 6.45) is 5.52. The molecule has 2 N–H and O–H groups in total. The van der Waals surface area contributed by atoms with Crippen LogP contribution in [-0.2, 0) is 24.1 Å². The molecule has 0 amide bonds. The summed E-state index contributed by atoms with van der Waals surface area (Å²) in [5, 5.41) is 4.19. The van der Waals surface area contributed by atoms with Gasteiger partial charge in [0, 0.05) is 17.5 Å². The standard InChI is InChI=1S/C23H29N3O2/c1-7-8-18-14(2)11-17(12-15(18)3)16(4)25-22(27-24)21-19-9-10-23(5,6)13-20(19)28-26-21/h7,11-12H,1,4,8-10,13,24H2,2-3,5-6H3. The first kappa shape index (κ1) is 20.1. The molecule has 0 unspecified atom stereocenters. The molecule has 0 radical (unpaired) electrons. The van der Waals surface area contributed by atoms with E-state index in [2.05, 4.69) is 63.1 Å². The molecule has 0 aliphatic heterocycles. The Morgan fingerprint density at radius 2 is 2.04 bits per heavy atom. The van der Waals surface area contributed by atoms with Crippen LogP contribution >= 0.6 is 0 Å². The van der Waals surface area contributed by atoms with E-state index in [1.54, 1.807) is 0 Å². The third-order valence-electron chi connectivity index (χ3n) is 5.49. The number of rotatable bonds is 5. The maximum Gasteiger partial charge on any atom is 0.267 e. The number of fused-ring (bicyclic) bond motifs is 1. The molecule has 2 aromatic rings. The largest absolute Gasteiger partial charge is 0.389 e.